The van der Waals surface area contributed by atoms with Crippen LogP contribution in [0.3, 0.4) is 0 Å². The number of nitrogen functional groups attached to an aromatic ring is 1. The van der Waals surface area contributed by atoms with Crippen molar-refractivity contribution in [3.05, 3.63) is 91.0 Å². The van der Waals surface area contributed by atoms with Crippen LogP contribution in [-0.4, -0.2) is 16.6 Å². The van der Waals surface area contributed by atoms with E-state index in [0.29, 0.717) is 6.54 Å². The Kier molecular flexibility index (Phi) is 5.27. The van der Waals surface area contributed by atoms with Gasteiger partial charge < -0.3 is 10.6 Å². The van der Waals surface area contributed by atoms with Crippen LogP contribution in [-0.2, 0) is 13.1 Å². The number of aromatic nitrogens is 2. The van der Waals surface area contributed by atoms with Gasteiger partial charge in [0.05, 0.1) is 6.54 Å². The Hall–Kier alpha value is -2.80. The second kappa shape index (κ2) is 7.61. The van der Waals surface area contributed by atoms with E-state index in [1.165, 1.54) is 4.57 Å². The van der Waals surface area contributed by atoms with E-state index in [4.69, 9.17) is 5.73 Å². The van der Waals surface area contributed by atoms with Gasteiger partial charge >= 0.3 is 5.69 Å². The van der Waals surface area contributed by atoms with Gasteiger partial charge in [-0.25, -0.2) is 4.79 Å². The molecular weight excluding hydrogens is 396 g/mol. The highest BCUT2D eigenvalue weighted by Crippen LogP contribution is 2.22. The van der Waals surface area contributed by atoms with Crippen molar-refractivity contribution in [2.75, 3.05) is 17.7 Å². The molecule has 3 N–H and O–H groups in total. The molecule has 1 heterocycles. The summed E-state index contributed by atoms with van der Waals surface area (Å²) >= 11 is 3.51. The number of H-pyrrole nitrogens is 1. The zero-order valence-corrected chi connectivity index (χ0v) is 15.9. The first-order valence-electron chi connectivity index (χ1n) is 8.08. The average molecular weight is 415 g/mol. The first-order chi connectivity index (χ1) is 12.5. The van der Waals surface area contributed by atoms with Gasteiger partial charge in [-0.2, -0.15) is 0 Å². The van der Waals surface area contributed by atoms with E-state index in [1.807, 2.05) is 54.6 Å². The van der Waals surface area contributed by atoms with Crippen molar-refractivity contribution in [1.82, 2.24) is 9.55 Å². The molecule has 0 fully saturated rings. The first kappa shape index (κ1) is 18.0. The van der Waals surface area contributed by atoms with Gasteiger partial charge in [-0.1, -0.05) is 64.5 Å². The number of hydrogen-bond acceptors (Lipinski definition) is 4. The molecule has 2 aromatic carbocycles. The van der Waals surface area contributed by atoms with Crippen molar-refractivity contribution in [3.63, 3.8) is 0 Å². The van der Waals surface area contributed by atoms with E-state index in [9.17, 15) is 9.59 Å². The topological polar surface area (TPSA) is 84.1 Å². The Morgan fingerprint density at radius 3 is 2.42 bits per heavy atom. The van der Waals surface area contributed by atoms with Crippen LogP contribution in [0.2, 0.25) is 0 Å². The minimum Gasteiger partial charge on any atom is -0.383 e. The molecule has 0 bridgehead atoms. The average Bonchev–Trinajstić information content (AvgIpc) is 2.61. The molecule has 0 aliphatic heterocycles. The maximum Gasteiger partial charge on any atom is 0.330 e. The molecule has 0 spiro atoms. The highest BCUT2D eigenvalue weighted by Gasteiger charge is 2.17. The lowest BCUT2D eigenvalue weighted by Gasteiger charge is -2.22. The molecule has 134 valence electrons. The van der Waals surface area contributed by atoms with Crippen LogP contribution in [0.25, 0.3) is 0 Å². The summed E-state index contributed by atoms with van der Waals surface area (Å²) in [6.45, 7) is 0.760. The van der Waals surface area contributed by atoms with Crippen molar-refractivity contribution in [1.29, 1.82) is 0 Å². The molecule has 0 radical (unpaired) electrons. The second-order valence-electron chi connectivity index (χ2n) is 6.01. The lowest BCUT2D eigenvalue weighted by atomic mass is 10.2. The number of rotatable bonds is 5. The monoisotopic (exact) mass is 414 g/mol. The van der Waals surface area contributed by atoms with Gasteiger partial charge in [-0.05, 0) is 17.2 Å². The lowest BCUT2D eigenvalue weighted by Crippen LogP contribution is -2.37. The summed E-state index contributed by atoms with van der Waals surface area (Å²) in [5, 5.41) is 0. The third kappa shape index (κ3) is 3.72. The Labute approximate surface area is 159 Å². The van der Waals surface area contributed by atoms with Crippen LogP contribution in [0.15, 0.2) is 68.7 Å². The number of benzene rings is 2. The number of nitrogens with one attached hydrogen (secondary N) is 1. The molecule has 3 aromatic rings. The Bertz CT molecular complexity index is 1030. The molecule has 0 aliphatic rings. The maximum absolute atomic E-state index is 12.4. The molecule has 26 heavy (non-hydrogen) atoms. The summed E-state index contributed by atoms with van der Waals surface area (Å²) in [6, 6.07) is 17.2. The van der Waals surface area contributed by atoms with E-state index < -0.39 is 11.2 Å². The Morgan fingerprint density at radius 1 is 1.08 bits per heavy atom. The van der Waals surface area contributed by atoms with Crippen molar-refractivity contribution < 1.29 is 0 Å². The van der Waals surface area contributed by atoms with Gasteiger partial charge in [0.1, 0.15) is 11.5 Å². The summed E-state index contributed by atoms with van der Waals surface area (Å²) in [5.41, 5.74) is 7.41. The third-order valence-electron chi connectivity index (χ3n) is 4.14. The summed E-state index contributed by atoms with van der Waals surface area (Å²) in [6.07, 6.45) is 0. The molecule has 0 atom stereocenters. The summed E-state index contributed by atoms with van der Waals surface area (Å²) < 4.78 is 2.32. The molecule has 0 unspecified atom stereocenters. The molecule has 1 aromatic heterocycles. The zero-order valence-electron chi connectivity index (χ0n) is 14.3. The predicted octanol–water partition coefficient (Wildman–Crippen LogP) is 2.57. The number of anilines is 2. The highest BCUT2D eigenvalue weighted by molar-refractivity contribution is 9.10. The van der Waals surface area contributed by atoms with Crippen LogP contribution in [0.4, 0.5) is 11.5 Å². The quantitative estimate of drug-likeness (QED) is 0.671. The van der Waals surface area contributed by atoms with Gasteiger partial charge in [-0.15, -0.1) is 0 Å². The molecule has 0 saturated carbocycles. The smallest absolute Gasteiger partial charge is 0.330 e. The van der Waals surface area contributed by atoms with Crippen LogP contribution < -0.4 is 21.9 Å². The van der Waals surface area contributed by atoms with Gasteiger partial charge in [0, 0.05) is 18.1 Å². The Balaban J connectivity index is 1.99. The minimum atomic E-state index is -0.519. The van der Waals surface area contributed by atoms with Gasteiger partial charge in [0.15, 0.2) is 0 Å². The van der Waals surface area contributed by atoms with Gasteiger partial charge in [0.25, 0.3) is 5.56 Å². The van der Waals surface area contributed by atoms with E-state index in [0.717, 1.165) is 15.6 Å². The lowest BCUT2D eigenvalue weighted by molar-refractivity contribution is 0.725. The number of nitrogens with zero attached hydrogens (tertiary/aromatic N) is 2. The van der Waals surface area contributed by atoms with Crippen molar-refractivity contribution in [2.45, 2.75) is 13.1 Å². The van der Waals surface area contributed by atoms with Crippen molar-refractivity contribution in [2.24, 2.45) is 0 Å². The van der Waals surface area contributed by atoms with Crippen LogP contribution in [0.1, 0.15) is 11.1 Å². The highest BCUT2D eigenvalue weighted by atomic mass is 79.9. The standard InChI is InChI=1S/C19H19BrN4O2/c1-23(12-14-9-5-6-10-15(14)20)16-17(21)24(19(26)22-18(16)25)11-13-7-3-2-4-8-13/h2-10H,11-12,21H2,1H3,(H,22,25,26). The fraction of sp³-hybridized carbons (Fsp3) is 0.158. The van der Waals surface area contributed by atoms with Crippen molar-refractivity contribution >= 4 is 27.4 Å². The van der Waals surface area contributed by atoms with Crippen LogP contribution in [0, 0.1) is 0 Å². The predicted molar refractivity (Wildman–Crippen MR) is 108 cm³/mol. The second-order valence-corrected chi connectivity index (χ2v) is 6.87. The number of hydrogen-bond donors (Lipinski definition) is 2. The summed E-state index contributed by atoms with van der Waals surface area (Å²) in [5.74, 6) is 0.150. The van der Waals surface area contributed by atoms with Crippen LogP contribution in [0.5, 0.6) is 0 Å². The normalized spacial score (nSPS) is 10.7. The molecule has 7 heteroatoms. The van der Waals surface area contributed by atoms with E-state index in [1.54, 1.807) is 11.9 Å². The third-order valence-corrected chi connectivity index (χ3v) is 4.92. The molecule has 0 saturated heterocycles. The maximum atomic E-state index is 12.4. The molecular formula is C19H19BrN4O2. The van der Waals surface area contributed by atoms with E-state index in [2.05, 4.69) is 20.9 Å². The number of halogens is 1. The first-order valence-corrected chi connectivity index (χ1v) is 8.87. The summed E-state index contributed by atoms with van der Waals surface area (Å²) in [4.78, 5) is 28.7. The zero-order chi connectivity index (χ0) is 18.7. The SMILES string of the molecule is CN(Cc1ccccc1Br)c1c(N)n(Cc2ccccc2)c(=O)[nH]c1=O. The largest absolute Gasteiger partial charge is 0.383 e. The fourth-order valence-corrected chi connectivity index (χ4v) is 3.24. The molecule has 0 aliphatic carbocycles. The number of aromatic amines is 1. The minimum absolute atomic E-state index is 0.150. The van der Waals surface area contributed by atoms with Gasteiger partial charge in [0.2, 0.25) is 0 Å². The Morgan fingerprint density at radius 2 is 1.73 bits per heavy atom. The fourth-order valence-electron chi connectivity index (χ4n) is 2.83. The van der Waals surface area contributed by atoms with E-state index >= 15 is 0 Å². The molecule has 6 nitrogen and oxygen atoms in total. The molecule has 0 amide bonds. The van der Waals surface area contributed by atoms with Crippen LogP contribution >= 0.6 is 15.9 Å². The molecule has 3 rings (SSSR count). The van der Waals surface area contributed by atoms with Crippen molar-refractivity contribution in [3.8, 4) is 0 Å². The van der Waals surface area contributed by atoms with Gasteiger partial charge in [-0.3, -0.25) is 14.3 Å². The summed E-state index contributed by atoms with van der Waals surface area (Å²) in [7, 11) is 1.78. The number of nitrogens with two attached hydrogens (primary N) is 1. The van der Waals surface area contributed by atoms with E-state index in [-0.39, 0.29) is 18.1 Å².